The van der Waals surface area contributed by atoms with E-state index in [2.05, 4.69) is 5.32 Å². The molecule has 1 aliphatic carbocycles. The van der Waals surface area contributed by atoms with Crippen LogP contribution < -0.4 is 5.32 Å². The summed E-state index contributed by atoms with van der Waals surface area (Å²) < 4.78 is 0. The van der Waals surface area contributed by atoms with Gasteiger partial charge in [0.15, 0.2) is 0 Å². The lowest BCUT2D eigenvalue weighted by Crippen LogP contribution is -2.44. The fraction of sp³-hybridized carbons (Fsp3) is 0.786. The molecule has 0 radical (unpaired) electrons. The molecular formula is C14H24N2O4. The fourth-order valence-electron chi connectivity index (χ4n) is 2.78. The minimum Gasteiger partial charge on any atom is -0.481 e. The highest BCUT2D eigenvalue weighted by Gasteiger charge is 2.42. The van der Waals surface area contributed by atoms with E-state index in [0.29, 0.717) is 12.8 Å². The molecule has 0 spiro atoms. The van der Waals surface area contributed by atoms with Crippen molar-refractivity contribution in [3.05, 3.63) is 0 Å². The molecule has 0 aliphatic heterocycles. The van der Waals surface area contributed by atoms with E-state index < -0.39 is 17.8 Å². The number of aliphatic carboxylic acids is 1. The van der Waals surface area contributed by atoms with Crippen molar-refractivity contribution in [1.29, 1.82) is 0 Å². The maximum atomic E-state index is 12.3. The number of carbonyl (C=O) groups is 3. The molecule has 0 aromatic rings. The summed E-state index contributed by atoms with van der Waals surface area (Å²) in [4.78, 5) is 36.5. The predicted molar refractivity (Wildman–Crippen MR) is 73.9 cm³/mol. The standard InChI is InChI=1S/C14H24N2O4/c1-8(2)15-12(17)7-16(4)13(18)10-5-9(3)6-11(10)14(19)20/h8-11H,5-7H2,1-4H3,(H,15,17)(H,19,20)/t9?,10-,11+/m0/s1. The van der Waals surface area contributed by atoms with Gasteiger partial charge < -0.3 is 15.3 Å². The zero-order valence-electron chi connectivity index (χ0n) is 12.5. The second kappa shape index (κ2) is 6.72. The van der Waals surface area contributed by atoms with Crippen molar-refractivity contribution in [2.24, 2.45) is 17.8 Å². The van der Waals surface area contributed by atoms with E-state index >= 15 is 0 Å². The molecule has 20 heavy (non-hydrogen) atoms. The number of nitrogens with one attached hydrogen (secondary N) is 1. The van der Waals surface area contributed by atoms with Crippen LogP contribution in [0.2, 0.25) is 0 Å². The highest BCUT2D eigenvalue weighted by molar-refractivity contribution is 5.88. The Hall–Kier alpha value is -1.59. The topological polar surface area (TPSA) is 86.7 Å². The number of likely N-dealkylation sites (N-methyl/N-ethyl adjacent to an activating group) is 1. The van der Waals surface area contributed by atoms with Gasteiger partial charge in [-0.25, -0.2) is 0 Å². The van der Waals surface area contributed by atoms with Gasteiger partial charge in [-0.05, 0) is 32.6 Å². The van der Waals surface area contributed by atoms with Crippen LogP contribution in [0.5, 0.6) is 0 Å². The number of rotatable bonds is 5. The van der Waals surface area contributed by atoms with Crippen LogP contribution in [0.25, 0.3) is 0 Å². The third-order valence-corrected chi connectivity index (χ3v) is 3.64. The number of hydrogen-bond donors (Lipinski definition) is 2. The summed E-state index contributed by atoms with van der Waals surface area (Å²) in [6, 6.07) is 0.0178. The summed E-state index contributed by atoms with van der Waals surface area (Å²) in [6.45, 7) is 5.61. The third kappa shape index (κ3) is 4.21. The summed E-state index contributed by atoms with van der Waals surface area (Å²) in [5.74, 6) is -2.32. The van der Waals surface area contributed by atoms with Gasteiger partial charge in [0.1, 0.15) is 0 Å². The van der Waals surface area contributed by atoms with Gasteiger partial charge in [-0.15, -0.1) is 0 Å². The molecule has 2 N–H and O–H groups in total. The SMILES string of the molecule is CC1C[C@H](C(=O)N(C)CC(=O)NC(C)C)[C@H](C(=O)O)C1. The number of carboxylic acid groups (broad SMARTS) is 1. The zero-order valence-corrected chi connectivity index (χ0v) is 12.5. The average molecular weight is 284 g/mol. The second-order valence-corrected chi connectivity index (χ2v) is 6.04. The molecule has 1 aliphatic rings. The molecule has 0 aromatic heterocycles. The Balaban J connectivity index is 2.64. The first-order chi connectivity index (χ1) is 9.22. The van der Waals surface area contributed by atoms with Crippen LogP contribution >= 0.6 is 0 Å². The van der Waals surface area contributed by atoms with Gasteiger partial charge in [-0.1, -0.05) is 6.92 Å². The first-order valence-electron chi connectivity index (χ1n) is 6.99. The molecule has 114 valence electrons. The summed E-state index contributed by atoms with van der Waals surface area (Å²) in [5.41, 5.74) is 0. The van der Waals surface area contributed by atoms with Crippen LogP contribution in [0.4, 0.5) is 0 Å². The van der Waals surface area contributed by atoms with Crippen LogP contribution in [-0.2, 0) is 14.4 Å². The largest absolute Gasteiger partial charge is 0.481 e. The number of nitrogens with zero attached hydrogens (tertiary/aromatic N) is 1. The van der Waals surface area contributed by atoms with Crippen LogP contribution in [0, 0.1) is 17.8 Å². The average Bonchev–Trinajstić information content (AvgIpc) is 2.69. The van der Waals surface area contributed by atoms with E-state index in [0.717, 1.165) is 0 Å². The summed E-state index contributed by atoms with van der Waals surface area (Å²) >= 11 is 0. The van der Waals surface area contributed by atoms with Gasteiger partial charge in [0.05, 0.1) is 18.4 Å². The van der Waals surface area contributed by atoms with Crippen molar-refractivity contribution in [3.63, 3.8) is 0 Å². The van der Waals surface area contributed by atoms with Crippen LogP contribution in [0.3, 0.4) is 0 Å². The van der Waals surface area contributed by atoms with Gasteiger partial charge in [0, 0.05) is 13.1 Å². The first-order valence-corrected chi connectivity index (χ1v) is 6.99. The molecular weight excluding hydrogens is 260 g/mol. The fourth-order valence-corrected chi connectivity index (χ4v) is 2.78. The summed E-state index contributed by atoms with van der Waals surface area (Å²) in [6.07, 6.45) is 1.10. The van der Waals surface area contributed by atoms with Crippen molar-refractivity contribution in [1.82, 2.24) is 10.2 Å². The first kappa shape index (κ1) is 16.5. The normalized spacial score (nSPS) is 25.6. The number of carbonyl (C=O) groups excluding carboxylic acids is 2. The lowest BCUT2D eigenvalue weighted by molar-refractivity contribution is -0.149. The minimum atomic E-state index is -0.923. The van der Waals surface area contributed by atoms with Crippen molar-refractivity contribution in [2.75, 3.05) is 13.6 Å². The van der Waals surface area contributed by atoms with Gasteiger partial charge in [-0.3, -0.25) is 14.4 Å². The highest BCUT2D eigenvalue weighted by Crippen LogP contribution is 2.37. The Morgan fingerprint density at radius 3 is 2.30 bits per heavy atom. The number of amides is 2. The Morgan fingerprint density at radius 1 is 1.25 bits per heavy atom. The van der Waals surface area contributed by atoms with Crippen LogP contribution in [-0.4, -0.2) is 47.4 Å². The molecule has 3 atom stereocenters. The lowest BCUT2D eigenvalue weighted by Gasteiger charge is -2.23. The molecule has 1 saturated carbocycles. The molecule has 1 unspecified atom stereocenters. The summed E-state index contributed by atoms with van der Waals surface area (Å²) in [7, 11) is 1.55. The van der Waals surface area contributed by atoms with E-state index in [4.69, 9.17) is 0 Å². The van der Waals surface area contributed by atoms with Crippen molar-refractivity contribution in [3.8, 4) is 0 Å². The van der Waals surface area contributed by atoms with Gasteiger partial charge in [-0.2, -0.15) is 0 Å². The molecule has 2 amide bonds. The van der Waals surface area contributed by atoms with E-state index in [9.17, 15) is 19.5 Å². The second-order valence-electron chi connectivity index (χ2n) is 6.04. The van der Waals surface area contributed by atoms with Gasteiger partial charge in [0.25, 0.3) is 0 Å². The van der Waals surface area contributed by atoms with E-state index in [1.165, 1.54) is 4.90 Å². The molecule has 0 heterocycles. The van der Waals surface area contributed by atoms with E-state index in [1.807, 2.05) is 20.8 Å². The molecule has 0 aromatic carbocycles. The van der Waals surface area contributed by atoms with Gasteiger partial charge >= 0.3 is 5.97 Å². The predicted octanol–water partition coefficient (Wildman–Crippen LogP) is 0.716. The quantitative estimate of drug-likeness (QED) is 0.778. The van der Waals surface area contributed by atoms with Crippen molar-refractivity contribution < 1.29 is 19.5 Å². The van der Waals surface area contributed by atoms with Crippen LogP contribution in [0.1, 0.15) is 33.6 Å². The monoisotopic (exact) mass is 284 g/mol. The molecule has 6 heteroatoms. The Morgan fingerprint density at radius 2 is 1.80 bits per heavy atom. The van der Waals surface area contributed by atoms with E-state index in [1.54, 1.807) is 7.05 Å². The maximum Gasteiger partial charge on any atom is 0.307 e. The Bertz CT molecular complexity index is 395. The summed E-state index contributed by atoms with van der Waals surface area (Å²) in [5, 5.41) is 11.9. The molecule has 6 nitrogen and oxygen atoms in total. The zero-order chi connectivity index (χ0) is 15.4. The number of carboxylic acids is 1. The smallest absolute Gasteiger partial charge is 0.307 e. The molecule has 0 bridgehead atoms. The maximum absolute atomic E-state index is 12.3. The van der Waals surface area contributed by atoms with E-state index in [-0.39, 0.29) is 30.3 Å². The lowest BCUT2D eigenvalue weighted by atomic mass is 9.95. The Labute approximate surface area is 119 Å². The van der Waals surface area contributed by atoms with Crippen molar-refractivity contribution in [2.45, 2.75) is 39.7 Å². The minimum absolute atomic E-state index is 0.0178. The number of hydrogen-bond acceptors (Lipinski definition) is 3. The van der Waals surface area contributed by atoms with Crippen molar-refractivity contribution >= 4 is 17.8 Å². The molecule has 1 fully saturated rings. The third-order valence-electron chi connectivity index (χ3n) is 3.64. The highest BCUT2D eigenvalue weighted by atomic mass is 16.4. The molecule has 0 saturated heterocycles. The van der Waals surface area contributed by atoms with Crippen LogP contribution in [0.15, 0.2) is 0 Å². The Kier molecular flexibility index (Phi) is 5.53. The van der Waals surface area contributed by atoms with Gasteiger partial charge in [0.2, 0.25) is 11.8 Å². The molecule has 1 rings (SSSR count).